The maximum absolute atomic E-state index is 12.1. The molecule has 0 aliphatic heterocycles. The number of aliphatic carboxylic acids is 1. The number of carboxylic acid groups (broad SMARTS) is 1. The van der Waals surface area contributed by atoms with Crippen molar-refractivity contribution in [1.82, 2.24) is 10.2 Å². The van der Waals surface area contributed by atoms with E-state index in [0.717, 1.165) is 19.3 Å². The molecule has 1 rings (SSSR count). The Kier molecular flexibility index (Phi) is 6.26. The van der Waals surface area contributed by atoms with Gasteiger partial charge in [0.15, 0.2) is 0 Å². The second-order valence-electron chi connectivity index (χ2n) is 5.82. The number of rotatable bonds is 6. The average Bonchev–Trinajstić information content (AvgIpc) is 2.42. The number of carbonyl (C=O) groups is 2. The first-order valence-electron chi connectivity index (χ1n) is 7.32. The van der Waals surface area contributed by atoms with E-state index in [-0.39, 0.29) is 31.8 Å². The molecule has 0 spiro atoms. The van der Waals surface area contributed by atoms with Crippen LogP contribution in [0.1, 0.15) is 46.0 Å². The summed E-state index contributed by atoms with van der Waals surface area (Å²) in [7, 11) is 0. The average molecular weight is 286 g/mol. The van der Waals surface area contributed by atoms with Crippen LogP contribution in [0.15, 0.2) is 0 Å². The van der Waals surface area contributed by atoms with Crippen LogP contribution in [0.5, 0.6) is 0 Å². The maximum atomic E-state index is 12.1. The number of urea groups is 1. The fraction of sp³-hybridized carbons (Fsp3) is 0.857. The quantitative estimate of drug-likeness (QED) is 0.689. The molecule has 1 saturated carbocycles. The molecule has 0 heterocycles. The van der Waals surface area contributed by atoms with Crippen molar-refractivity contribution in [1.29, 1.82) is 0 Å². The third-order valence-corrected chi connectivity index (χ3v) is 4.07. The second kappa shape index (κ2) is 7.47. The summed E-state index contributed by atoms with van der Waals surface area (Å²) in [6.07, 6.45) is 4.08. The predicted molar refractivity (Wildman–Crippen MR) is 75.5 cm³/mol. The van der Waals surface area contributed by atoms with Crippen molar-refractivity contribution in [2.24, 2.45) is 5.41 Å². The highest BCUT2D eigenvalue weighted by molar-refractivity contribution is 5.78. The SMILES string of the molecule is CC(C)N(CCO)C(=O)NCC1(C(=O)O)CCCCC1. The molecule has 0 aromatic rings. The first-order chi connectivity index (χ1) is 9.43. The van der Waals surface area contributed by atoms with Gasteiger partial charge in [-0.25, -0.2) is 4.79 Å². The molecule has 2 amide bonds. The summed E-state index contributed by atoms with van der Waals surface area (Å²) in [6, 6.07) is -0.338. The van der Waals surface area contributed by atoms with Crippen molar-refractivity contribution in [2.75, 3.05) is 19.7 Å². The molecular weight excluding hydrogens is 260 g/mol. The number of carboxylic acids is 1. The van der Waals surface area contributed by atoms with Gasteiger partial charge in [-0.15, -0.1) is 0 Å². The summed E-state index contributed by atoms with van der Waals surface area (Å²) in [5, 5.41) is 21.2. The van der Waals surface area contributed by atoms with Gasteiger partial charge < -0.3 is 20.4 Å². The van der Waals surface area contributed by atoms with Gasteiger partial charge in [-0.1, -0.05) is 19.3 Å². The molecule has 0 atom stereocenters. The van der Waals surface area contributed by atoms with Crippen LogP contribution in [-0.2, 0) is 4.79 Å². The zero-order valence-electron chi connectivity index (χ0n) is 12.4. The number of aliphatic hydroxyl groups excluding tert-OH is 1. The molecule has 20 heavy (non-hydrogen) atoms. The van der Waals surface area contributed by atoms with Gasteiger partial charge in [-0.05, 0) is 26.7 Å². The molecule has 6 nitrogen and oxygen atoms in total. The second-order valence-corrected chi connectivity index (χ2v) is 5.82. The molecular formula is C14H26N2O4. The van der Waals surface area contributed by atoms with E-state index in [4.69, 9.17) is 5.11 Å². The Hall–Kier alpha value is -1.30. The molecule has 6 heteroatoms. The minimum Gasteiger partial charge on any atom is -0.481 e. The highest BCUT2D eigenvalue weighted by Crippen LogP contribution is 2.36. The van der Waals surface area contributed by atoms with Crippen molar-refractivity contribution in [3.63, 3.8) is 0 Å². The molecule has 1 aliphatic rings. The van der Waals surface area contributed by atoms with Crippen LogP contribution in [0.25, 0.3) is 0 Å². The van der Waals surface area contributed by atoms with Gasteiger partial charge in [0, 0.05) is 19.1 Å². The summed E-state index contributed by atoms with van der Waals surface area (Å²) < 4.78 is 0. The molecule has 3 N–H and O–H groups in total. The topological polar surface area (TPSA) is 89.9 Å². The molecule has 0 bridgehead atoms. The van der Waals surface area contributed by atoms with Gasteiger partial charge in [-0.2, -0.15) is 0 Å². The normalized spacial score (nSPS) is 17.8. The Balaban J connectivity index is 2.62. The van der Waals surface area contributed by atoms with E-state index in [9.17, 15) is 14.7 Å². The van der Waals surface area contributed by atoms with Crippen LogP contribution >= 0.6 is 0 Å². The maximum Gasteiger partial charge on any atom is 0.317 e. The molecule has 0 radical (unpaired) electrons. The Labute approximate surface area is 120 Å². The lowest BCUT2D eigenvalue weighted by Crippen LogP contribution is -2.50. The van der Waals surface area contributed by atoms with E-state index >= 15 is 0 Å². The minimum atomic E-state index is -0.824. The molecule has 0 aromatic heterocycles. The zero-order chi connectivity index (χ0) is 15.2. The van der Waals surface area contributed by atoms with Crippen LogP contribution in [0.2, 0.25) is 0 Å². The molecule has 0 aromatic carbocycles. The largest absolute Gasteiger partial charge is 0.481 e. The Morgan fingerprint density at radius 1 is 1.25 bits per heavy atom. The molecule has 1 aliphatic carbocycles. The molecule has 116 valence electrons. The van der Waals surface area contributed by atoms with Crippen molar-refractivity contribution >= 4 is 12.0 Å². The van der Waals surface area contributed by atoms with Crippen LogP contribution < -0.4 is 5.32 Å². The van der Waals surface area contributed by atoms with Crippen LogP contribution in [0.4, 0.5) is 4.79 Å². The number of aliphatic hydroxyl groups is 1. The van der Waals surface area contributed by atoms with Crippen LogP contribution in [-0.4, -0.2) is 52.9 Å². The monoisotopic (exact) mass is 286 g/mol. The smallest absolute Gasteiger partial charge is 0.317 e. The van der Waals surface area contributed by atoms with Gasteiger partial charge in [0.25, 0.3) is 0 Å². The summed E-state index contributed by atoms with van der Waals surface area (Å²) >= 11 is 0. The van der Waals surface area contributed by atoms with Crippen LogP contribution in [0.3, 0.4) is 0 Å². The van der Waals surface area contributed by atoms with Gasteiger partial charge in [-0.3, -0.25) is 4.79 Å². The molecule has 0 unspecified atom stereocenters. The summed E-state index contributed by atoms with van der Waals surface area (Å²) in [5.41, 5.74) is -0.824. The summed E-state index contributed by atoms with van der Waals surface area (Å²) in [4.78, 5) is 25.1. The van der Waals surface area contributed by atoms with E-state index < -0.39 is 11.4 Å². The third-order valence-electron chi connectivity index (χ3n) is 4.07. The first-order valence-corrected chi connectivity index (χ1v) is 7.32. The Bertz CT molecular complexity index is 338. The highest BCUT2D eigenvalue weighted by atomic mass is 16.4. The zero-order valence-corrected chi connectivity index (χ0v) is 12.4. The third kappa shape index (κ3) is 4.10. The summed E-state index contributed by atoms with van der Waals surface area (Å²) in [6.45, 7) is 4.04. The fourth-order valence-corrected chi connectivity index (χ4v) is 2.74. The number of hydrogen-bond donors (Lipinski definition) is 3. The molecule has 0 saturated heterocycles. The number of amides is 2. The van der Waals surface area contributed by atoms with E-state index in [1.807, 2.05) is 13.8 Å². The lowest BCUT2D eigenvalue weighted by Gasteiger charge is -2.34. The summed E-state index contributed by atoms with van der Waals surface area (Å²) in [5.74, 6) is -0.823. The van der Waals surface area contributed by atoms with Crippen molar-refractivity contribution in [3.05, 3.63) is 0 Å². The van der Waals surface area contributed by atoms with Gasteiger partial charge in [0.1, 0.15) is 0 Å². The fourth-order valence-electron chi connectivity index (χ4n) is 2.74. The Morgan fingerprint density at radius 3 is 2.30 bits per heavy atom. The van der Waals surface area contributed by atoms with E-state index in [2.05, 4.69) is 5.32 Å². The van der Waals surface area contributed by atoms with E-state index in [1.165, 1.54) is 4.90 Å². The standard InChI is InChI=1S/C14H26N2O4/c1-11(2)16(8-9-17)13(20)15-10-14(12(18)19)6-4-3-5-7-14/h11,17H,3-10H2,1-2H3,(H,15,20)(H,18,19). The van der Waals surface area contributed by atoms with E-state index in [1.54, 1.807) is 0 Å². The number of carbonyl (C=O) groups excluding carboxylic acids is 1. The van der Waals surface area contributed by atoms with Crippen molar-refractivity contribution in [3.8, 4) is 0 Å². The molecule has 1 fully saturated rings. The van der Waals surface area contributed by atoms with Crippen molar-refractivity contribution in [2.45, 2.75) is 52.0 Å². The lowest BCUT2D eigenvalue weighted by molar-refractivity contribution is -0.150. The highest BCUT2D eigenvalue weighted by Gasteiger charge is 2.40. The Morgan fingerprint density at radius 2 is 1.85 bits per heavy atom. The number of nitrogens with zero attached hydrogens (tertiary/aromatic N) is 1. The van der Waals surface area contributed by atoms with E-state index in [0.29, 0.717) is 12.8 Å². The van der Waals surface area contributed by atoms with Crippen LogP contribution in [0, 0.1) is 5.41 Å². The number of hydrogen-bond acceptors (Lipinski definition) is 3. The predicted octanol–water partition coefficient (Wildman–Crippen LogP) is 1.43. The lowest BCUT2D eigenvalue weighted by atomic mass is 9.74. The van der Waals surface area contributed by atoms with Gasteiger partial charge in [0.05, 0.1) is 12.0 Å². The van der Waals surface area contributed by atoms with Crippen molar-refractivity contribution < 1.29 is 19.8 Å². The minimum absolute atomic E-state index is 0.0331. The van der Waals surface area contributed by atoms with Gasteiger partial charge in [0.2, 0.25) is 0 Å². The first kappa shape index (κ1) is 16.8. The van der Waals surface area contributed by atoms with Gasteiger partial charge >= 0.3 is 12.0 Å². The number of nitrogens with one attached hydrogen (secondary N) is 1.